The summed E-state index contributed by atoms with van der Waals surface area (Å²) in [5.41, 5.74) is -0.365. The van der Waals surface area contributed by atoms with Crippen molar-refractivity contribution < 1.29 is 23.8 Å². The third-order valence-electron chi connectivity index (χ3n) is 6.22. The zero-order chi connectivity index (χ0) is 22.6. The maximum Gasteiger partial charge on any atom is 0.360 e. The van der Waals surface area contributed by atoms with Gasteiger partial charge in [-0.3, -0.25) is 4.79 Å². The van der Waals surface area contributed by atoms with Crippen LogP contribution in [-0.2, 0) is 20.7 Å². The number of anilines is 1. The first-order chi connectivity index (χ1) is 15.6. The summed E-state index contributed by atoms with van der Waals surface area (Å²) in [5.74, 6) is 0.0397. The molecule has 4 rings (SSSR count). The second-order valence-electron chi connectivity index (χ2n) is 8.28. The molecule has 32 heavy (non-hydrogen) atoms. The molecule has 0 spiro atoms. The Morgan fingerprint density at radius 3 is 2.56 bits per heavy atom. The van der Waals surface area contributed by atoms with E-state index in [-0.39, 0.29) is 6.42 Å². The third kappa shape index (κ3) is 4.30. The van der Waals surface area contributed by atoms with Gasteiger partial charge in [0.15, 0.2) is 0 Å². The number of amides is 1. The SMILES string of the molecule is COC(=O)C1(Cc2cccc(OC)c2)Oc2ccccc2N(CCN2CCCCC2)C1=O. The second-order valence-corrected chi connectivity index (χ2v) is 8.28. The van der Waals surface area contributed by atoms with E-state index in [1.807, 2.05) is 36.4 Å². The molecule has 1 amide bonds. The van der Waals surface area contributed by atoms with E-state index < -0.39 is 17.5 Å². The van der Waals surface area contributed by atoms with E-state index in [9.17, 15) is 9.59 Å². The van der Waals surface area contributed by atoms with Gasteiger partial charge in [0.1, 0.15) is 11.5 Å². The van der Waals surface area contributed by atoms with Crippen LogP contribution in [0.5, 0.6) is 11.5 Å². The van der Waals surface area contributed by atoms with Crippen LogP contribution in [0.2, 0.25) is 0 Å². The van der Waals surface area contributed by atoms with Crippen molar-refractivity contribution in [3.05, 3.63) is 54.1 Å². The number of hydrogen-bond acceptors (Lipinski definition) is 6. The first kappa shape index (κ1) is 22.1. The van der Waals surface area contributed by atoms with Gasteiger partial charge in [0, 0.05) is 19.5 Å². The summed E-state index contributed by atoms with van der Waals surface area (Å²) in [6, 6.07) is 14.7. The van der Waals surface area contributed by atoms with Crippen molar-refractivity contribution in [2.24, 2.45) is 0 Å². The van der Waals surface area contributed by atoms with Crippen LogP contribution in [0.3, 0.4) is 0 Å². The van der Waals surface area contributed by atoms with Crippen LogP contribution >= 0.6 is 0 Å². The average molecular weight is 439 g/mol. The molecular formula is C25H30N2O5. The van der Waals surface area contributed by atoms with Gasteiger partial charge in [-0.25, -0.2) is 4.79 Å². The van der Waals surface area contributed by atoms with Crippen molar-refractivity contribution in [1.82, 2.24) is 4.90 Å². The molecule has 0 bridgehead atoms. The van der Waals surface area contributed by atoms with Gasteiger partial charge in [-0.05, 0) is 55.8 Å². The number of likely N-dealkylation sites (tertiary alicyclic amines) is 1. The third-order valence-corrected chi connectivity index (χ3v) is 6.22. The molecule has 170 valence electrons. The van der Waals surface area contributed by atoms with Gasteiger partial charge in [-0.2, -0.15) is 0 Å². The van der Waals surface area contributed by atoms with Crippen molar-refractivity contribution in [1.29, 1.82) is 0 Å². The number of fused-ring (bicyclic) bond motifs is 1. The molecule has 1 unspecified atom stereocenters. The molecule has 2 heterocycles. The minimum atomic E-state index is -1.79. The van der Waals surface area contributed by atoms with Crippen molar-refractivity contribution >= 4 is 17.6 Å². The normalized spacial score (nSPS) is 20.9. The molecule has 7 heteroatoms. The molecule has 1 saturated heterocycles. The maximum atomic E-state index is 13.9. The zero-order valence-corrected chi connectivity index (χ0v) is 18.7. The highest BCUT2D eigenvalue weighted by Crippen LogP contribution is 2.40. The number of para-hydroxylation sites is 2. The van der Waals surface area contributed by atoms with Gasteiger partial charge in [0.05, 0.1) is 19.9 Å². The number of benzene rings is 2. The Morgan fingerprint density at radius 1 is 1.03 bits per heavy atom. The summed E-state index contributed by atoms with van der Waals surface area (Å²) in [4.78, 5) is 31.0. The average Bonchev–Trinajstić information content (AvgIpc) is 2.84. The molecule has 2 aromatic carbocycles. The van der Waals surface area contributed by atoms with Gasteiger partial charge in [-0.1, -0.05) is 30.7 Å². The molecule has 2 aromatic rings. The predicted octanol–water partition coefficient (Wildman–Crippen LogP) is 3.06. The number of nitrogens with zero attached hydrogens (tertiary/aromatic N) is 2. The highest BCUT2D eigenvalue weighted by atomic mass is 16.6. The summed E-state index contributed by atoms with van der Waals surface area (Å²) in [6.45, 7) is 3.30. The molecule has 2 aliphatic rings. The number of carbonyl (C=O) groups excluding carboxylic acids is 2. The number of esters is 1. The Hall–Kier alpha value is -3.06. The highest BCUT2D eigenvalue weighted by molar-refractivity contribution is 6.15. The van der Waals surface area contributed by atoms with E-state index >= 15 is 0 Å². The first-order valence-electron chi connectivity index (χ1n) is 11.1. The van der Waals surface area contributed by atoms with Crippen LogP contribution in [0.4, 0.5) is 5.69 Å². The number of ether oxygens (including phenoxy) is 3. The first-order valence-corrected chi connectivity index (χ1v) is 11.1. The lowest BCUT2D eigenvalue weighted by atomic mass is 9.90. The largest absolute Gasteiger partial charge is 0.497 e. The Balaban J connectivity index is 1.69. The van der Waals surface area contributed by atoms with E-state index in [0.717, 1.165) is 25.2 Å². The van der Waals surface area contributed by atoms with Gasteiger partial charge < -0.3 is 24.0 Å². The standard InChI is InChI=1S/C25H30N2O5/c1-30-20-10-8-9-19(17-20)18-25(24(29)31-2)23(28)27(16-15-26-13-6-3-7-14-26)21-11-4-5-12-22(21)32-25/h4-5,8-12,17H,3,6-7,13-16,18H2,1-2H3. The number of rotatable bonds is 7. The summed E-state index contributed by atoms with van der Waals surface area (Å²) in [5, 5.41) is 0. The quantitative estimate of drug-likeness (QED) is 0.489. The van der Waals surface area contributed by atoms with Crippen LogP contribution in [0, 0.1) is 0 Å². The molecule has 1 atom stereocenters. The van der Waals surface area contributed by atoms with Gasteiger partial charge in [-0.15, -0.1) is 0 Å². The lowest BCUT2D eigenvalue weighted by Gasteiger charge is -2.41. The topological polar surface area (TPSA) is 68.3 Å². The van der Waals surface area contributed by atoms with E-state index in [2.05, 4.69) is 4.90 Å². The van der Waals surface area contributed by atoms with Crippen molar-refractivity contribution in [3.63, 3.8) is 0 Å². The van der Waals surface area contributed by atoms with E-state index in [0.29, 0.717) is 23.7 Å². The van der Waals surface area contributed by atoms with Crippen molar-refractivity contribution in [3.8, 4) is 11.5 Å². The summed E-state index contributed by atoms with van der Waals surface area (Å²) in [7, 11) is 2.86. The van der Waals surface area contributed by atoms with Crippen LogP contribution in [0.15, 0.2) is 48.5 Å². The number of piperidine rings is 1. The number of carbonyl (C=O) groups is 2. The van der Waals surface area contributed by atoms with E-state index in [4.69, 9.17) is 14.2 Å². The van der Waals surface area contributed by atoms with E-state index in [1.54, 1.807) is 24.1 Å². The summed E-state index contributed by atoms with van der Waals surface area (Å²) < 4.78 is 16.6. The molecule has 0 radical (unpaired) electrons. The molecule has 0 saturated carbocycles. The minimum Gasteiger partial charge on any atom is -0.497 e. The molecule has 0 aliphatic carbocycles. The molecule has 2 aliphatic heterocycles. The minimum absolute atomic E-state index is 0.0459. The fourth-order valence-electron chi connectivity index (χ4n) is 4.52. The lowest BCUT2D eigenvalue weighted by Crippen LogP contribution is -2.63. The molecule has 7 nitrogen and oxygen atoms in total. The van der Waals surface area contributed by atoms with Crippen molar-refractivity contribution in [2.45, 2.75) is 31.3 Å². The fraction of sp³-hybridized carbons (Fsp3) is 0.440. The lowest BCUT2D eigenvalue weighted by molar-refractivity contribution is -0.165. The molecule has 0 aromatic heterocycles. The smallest absolute Gasteiger partial charge is 0.360 e. The molecular weight excluding hydrogens is 408 g/mol. The van der Waals surface area contributed by atoms with Crippen molar-refractivity contribution in [2.75, 3.05) is 45.3 Å². The Bertz CT molecular complexity index is 972. The Kier molecular flexibility index (Phi) is 6.65. The van der Waals surface area contributed by atoms with Gasteiger partial charge in [0.25, 0.3) is 11.5 Å². The van der Waals surface area contributed by atoms with Crippen LogP contribution in [-0.4, -0.2) is 62.8 Å². The van der Waals surface area contributed by atoms with E-state index in [1.165, 1.54) is 26.4 Å². The van der Waals surface area contributed by atoms with Crippen LogP contribution in [0.1, 0.15) is 24.8 Å². The number of methoxy groups -OCH3 is 2. The predicted molar refractivity (Wildman–Crippen MR) is 121 cm³/mol. The highest BCUT2D eigenvalue weighted by Gasteiger charge is 2.55. The van der Waals surface area contributed by atoms with Gasteiger partial charge in [0.2, 0.25) is 0 Å². The Morgan fingerprint density at radius 2 is 1.81 bits per heavy atom. The zero-order valence-electron chi connectivity index (χ0n) is 18.7. The summed E-state index contributed by atoms with van der Waals surface area (Å²) in [6.07, 6.45) is 3.65. The monoisotopic (exact) mass is 438 g/mol. The molecule has 0 N–H and O–H groups in total. The van der Waals surface area contributed by atoms with Crippen LogP contribution in [0.25, 0.3) is 0 Å². The summed E-state index contributed by atoms with van der Waals surface area (Å²) >= 11 is 0. The van der Waals surface area contributed by atoms with Crippen LogP contribution < -0.4 is 14.4 Å². The molecule has 1 fully saturated rings. The second kappa shape index (κ2) is 9.61. The fourth-order valence-corrected chi connectivity index (χ4v) is 4.52. The Labute approximate surface area is 188 Å². The maximum absolute atomic E-state index is 13.9. The number of hydrogen-bond donors (Lipinski definition) is 0. The van der Waals surface area contributed by atoms with Gasteiger partial charge >= 0.3 is 5.97 Å².